The van der Waals surface area contributed by atoms with Gasteiger partial charge in [-0.15, -0.1) is 0 Å². The summed E-state index contributed by atoms with van der Waals surface area (Å²) in [4.78, 5) is 6.76. The molecule has 1 aromatic heterocycles. The summed E-state index contributed by atoms with van der Waals surface area (Å²) >= 11 is 0. The first kappa shape index (κ1) is 11.0. The molecule has 3 N–H and O–H groups in total. The summed E-state index contributed by atoms with van der Waals surface area (Å²) in [6.45, 7) is 3.37. The van der Waals surface area contributed by atoms with Gasteiger partial charge in [-0.3, -0.25) is 0 Å². The second-order valence-electron chi connectivity index (χ2n) is 3.25. The third-order valence-electron chi connectivity index (χ3n) is 1.94. The molecule has 80 valence electrons. The lowest BCUT2D eigenvalue weighted by molar-refractivity contribution is -0.147. The largest absolute Gasteiger partial charge is 0.404 e. The molecule has 1 rings (SSSR count). The van der Waals surface area contributed by atoms with Crippen molar-refractivity contribution in [1.29, 1.82) is 0 Å². The molecular formula is C8H12F3N3. The van der Waals surface area contributed by atoms with Gasteiger partial charge in [0.05, 0.1) is 5.69 Å². The van der Waals surface area contributed by atoms with E-state index >= 15 is 0 Å². The SMILES string of the molecule is Cc1nc(CC(N)C(F)(F)F)c(C)[nH]1. The first-order valence-corrected chi connectivity index (χ1v) is 4.15. The van der Waals surface area contributed by atoms with Gasteiger partial charge in [0.2, 0.25) is 0 Å². The van der Waals surface area contributed by atoms with Crippen LogP contribution in [0.15, 0.2) is 0 Å². The Kier molecular flexibility index (Phi) is 2.84. The minimum atomic E-state index is -4.36. The number of aromatic nitrogens is 2. The number of hydrogen-bond acceptors (Lipinski definition) is 2. The molecular weight excluding hydrogens is 195 g/mol. The van der Waals surface area contributed by atoms with E-state index in [0.29, 0.717) is 17.2 Å². The van der Waals surface area contributed by atoms with E-state index in [2.05, 4.69) is 9.97 Å². The topological polar surface area (TPSA) is 54.7 Å². The first-order valence-electron chi connectivity index (χ1n) is 4.15. The predicted molar refractivity (Wildman–Crippen MR) is 45.8 cm³/mol. The molecule has 0 fully saturated rings. The summed E-state index contributed by atoms with van der Waals surface area (Å²) in [7, 11) is 0. The van der Waals surface area contributed by atoms with Crippen LogP contribution in [0.5, 0.6) is 0 Å². The van der Waals surface area contributed by atoms with E-state index in [1.807, 2.05) is 0 Å². The number of aryl methyl sites for hydroxylation is 2. The molecule has 1 atom stereocenters. The molecule has 1 unspecified atom stereocenters. The van der Waals surface area contributed by atoms with Crippen molar-refractivity contribution < 1.29 is 13.2 Å². The lowest BCUT2D eigenvalue weighted by Crippen LogP contribution is -2.39. The summed E-state index contributed by atoms with van der Waals surface area (Å²) in [5, 5.41) is 0. The molecule has 0 aliphatic rings. The second-order valence-corrected chi connectivity index (χ2v) is 3.25. The van der Waals surface area contributed by atoms with E-state index in [-0.39, 0.29) is 6.42 Å². The molecule has 0 amide bonds. The van der Waals surface area contributed by atoms with E-state index in [1.54, 1.807) is 13.8 Å². The maximum atomic E-state index is 12.1. The maximum Gasteiger partial charge on any atom is 0.404 e. The van der Waals surface area contributed by atoms with Crippen molar-refractivity contribution in [3.8, 4) is 0 Å². The number of alkyl halides is 3. The van der Waals surface area contributed by atoms with Gasteiger partial charge in [0.1, 0.15) is 11.9 Å². The monoisotopic (exact) mass is 207 g/mol. The average Bonchev–Trinajstić information content (AvgIpc) is 2.28. The molecule has 3 nitrogen and oxygen atoms in total. The molecule has 0 aliphatic carbocycles. The van der Waals surface area contributed by atoms with Crippen molar-refractivity contribution >= 4 is 0 Å². The van der Waals surface area contributed by atoms with Crippen molar-refractivity contribution in [3.63, 3.8) is 0 Å². The number of halogens is 3. The quantitative estimate of drug-likeness (QED) is 0.771. The van der Waals surface area contributed by atoms with Crippen LogP contribution in [-0.2, 0) is 6.42 Å². The maximum absolute atomic E-state index is 12.1. The molecule has 0 aromatic carbocycles. The van der Waals surface area contributed by atoms with Gasteiger partial charge >= 0.3 is 6.18 Å². The Morgan fingerprint density at radius 1 is 1.43 bits per heavy atom. The minimum Gasteiger partial charge on any atom is -0.346 e. The number of aromatic amines is 1. The zero-order chi connectivity index (χ0) is 10.9. The number of imidazole rings is 1. The lowest BCUT2D eigenvalue weighted by Gasteiger charge is -2.14. The lowest BCUT2D eigenvalue weighted by atomic mass is 10.1. The fraction of sp³-hybridized carbons (Fsp3) is 0.625. The average molecular weight is 207 g/mol. The zero-order valence-electron chi connectivity index (χ0n) is 7.94. The van der Waals surface area contributed by atoms with Gasteiger partial charge < -0.3 is 10.7 Å². The van der Waals surface area contributed by atoms with Crippen LogP contribution in [0.2, 0.25) is 0 Å². The molecule has 0 bridgehead atoms. The Bertz CT molecular complexity index is 316. The highest BCUT2D eigenvalue weighted by Crippen LogP contribution is 2.21. The normalized spacial score (nSPS) is 14.4. The summed E-state index contributed by atoms with van der Waals surface area (Å²) in [6, 6.07) is -1.84. The molecule has 14 heavy (non-hydrogen) atoms. The molecule has 0 saturated carbocycles. The van der Waals surface area contributed by atoms with Gasteiger partial charge in [0.25, 0.3) is 0 Å². The highest BCUT2D eigenvalue weighted by Gasteiger charge is 2.37. The van der Waals surface area contributed by atoms with Crippen LogP contribution in [0.1, 0.15) is 17.2 Å². The fourth-order valence-electron chi connectivity index (χ4n) is 1.18. The van der Waals surface area contributed by atoms with E-state index in [1.165, 1.54) is 0 Å². The highest BCUT2D eigenvalue weighted by molar-refractivity contribution is 5.14. The molecule has 6 heteroatoms. The van der Waals surface area contributed by atoms with Crippen molar-refractivity contribution in [2.75, 3.05) is 0 Å². The van der Waals surface area contributed by atoms with Crippen LogP contribution in [0, 0.1) is 13.8 Å². The summed E-state index contributed by atoms with van der Waals surface area (Å²) in [5.74, 6) is 0.604. The Morgan fingerprint density at radius 2 is 2.00 bits per heavy atom. The summed E-state index contributed by atoms with van der Waals surface area (Å²) < 4.78 is 36.3. The van der Waals surface area contributed by atoms with Crippen molar-refractivity contribution in [3.05, 3.63) is 17.2 Å². The van der Waals surface area contributed by atoms with Crippen molar-refractivity contribution in [2.45, 2.75) is 32.5 Å². The third-order valence-corrected chi connectivity index (χ3v) is 1.94. The predicted octanol–water partition coefficient (Wildman–Crippen LogP) is 1.46. The van der Waals surface area contributed by atoms with Crippen molar-refractivity contribution in [2.24, 2.45) is 5.73 Å². The van der Waals surface area contributed by atoms with Gasteiger partial charge in [-0.05, 0) is 13.8 Å². The highest BCUT2D eigenvalue weighted by atomic mass is 19.4. The van der Waals surface area contributed by atoms with Crippen LogP contribution >= 0.6 is 0 Å². The smallest absolute Gasteiger partial charge is 0.346 e. The molecule has 1 heterocycles. The van der Waals surface area contributed by atoms with Crippen LogP contribution in [0.3, 0.4) is 0 Å². The zero-order valence-corrected chi connectivity index (χ0v) is 7.94. The first-order chi connectivity index (χ1) is 6.30. The Balaban J connectivity index is 2.74. The second kappa shape index (κ2) is 3.61. The number of nitrogens with zero attached hydrogens (tertiary/aromatic N) is 1. The number of rotatable bonds is 2. The summed E-state index contributed by atoms with van der Waals surface area (Å²) in [6.07, 6.45) is -4.64. The number of nitrogens with two attached hydrogens (primary N) is 1. The van der Waals surface area contributed by atoms with Crippen LogP contribution in [0.4, 0.5) is 13.2 Å². The van der Waals surface area contributed by atoms with Crippen molar-refractivity contribution in [1.82, 2.24) is 9.97 Å². The van der Waals surface area contributed by atoms with E-state index in [4.69, 9.17) is 5.73 Å². The summed E-state index contributed by atoms with van der Waals surface area (Å²) in [5.41, 5.74) is 6.00. The Hall–Kier alpha value is -1.04. The Labute approximate surface area is 79.5 Å². The van der Waals surface area contributed by atoms with Crippen LogP contribution in [0.25, 0.3) is 0 Å². The third kappa shape index (κ3) is 2.47. The standard InChI is InChI=1S/C8H12F3N3/c1-4-6(14-5(2)13-4)3-7(12)8(9,10)11/h7H,3,12H2,1-2H3,(H,13,14). The van der Waals surface area contributed by atoms with Gasteiger partial charge in [0.15, 0.2) is 0 Å². The van der Waals surface area contributed by atoms with E-state index < -0.39 is 12.2 Å². The minimum absolute atomic E-state index is 0.278. The molecule has 0 radical (unpaired) electrons. The molecule has 1 aromatic rings. The van der Waals surface area contributed by atoms with E-state index in [9.17, 15) is 13.2 Å². The fourth-order valence-corrected chi connectivity index (χ4v) is 1.18. The molecule has 0 aliphatic heterocycles. The van der Waals surface area contributed by atoms with Crippen LogP contribution in [-0.4, -0.2) is 22.2 Å². The van der Waals surface area contributed by atoms with Gasteiger partial charge in [-0.2, -0.15) is 13.2 Å². The number of H-pyrrole nitrogens is 1. The number of nitrogens with one attached hydrogen (secondary N) is 1. The van der Waals surface area contributed by atoms with E-state index in [0.717, 1.165) is 0 Å². The van der Waals surface area contributed by atoms with Gasteiger partial charge in [-0.1, -0.05) is 0 Å². The number of hydrogen-bond donors (Lipinski definition) is 2. The van der Waals surface area contributed by atoms with Gasteiger partial charge in [-0.25, -0.2) is 4.98 Å². The Morgan fingerprint density at radius 3 is 2.36 bits per heavy atom. The molecule has 0 spiro atoms. The van der Waals surface area contributed by atoms with Crippen LogP contribution < -0.4 is 5.73 Å². The van der Waals surface area contributed by atoms with Gasteiger partial charge in [0, 0.05) is 12.1 Å². The molecule has 0 saturated heterocycles.